The van der Waals surface area contributed by atoms with Gasteiger partial charge in [0.25, 0.3) is 11.8 Å². The summed E-state index contributed by atoms with van der Waals surface area (Å²) >= 11 is 0. The fourth-order valence-corrected chi connectivity index (χ4v) is 3.33. The molecule has 1 aliphatic heterocycles. The molecule has 0 aliphatic carbocycles. The maximum Gasteiger partial charge on any atom is 0.265 e. The Morgan fingerprint density at radius 3 is 2.61 bits per heavy atom. The van der Waals surface area contributed by atoms with Gasteiger partial charge in [0.1, 0.15) is 17.5 Å². The van der Waals surface area contributed by atoms with Crippen molar-refractivity contribution in [3.63, 3.8) is 0 Å². The highest BCUT2D eigenvalue weighted by atomic mass is 16.5. The van der Waals surface area contributed by atoms with Gasteiger partial charge in [0.05, 0.1) is 12.8 Å². The lowest BCUT2D eigenvalue weighted by Crippen LogP contribution is -2.34. The predicted molar refractivity (Wildman–Crippen MR) is 120 cm³/mol. The van der Waals surface area contributed by atoms with Gasteiger partial charge in [-0.3, -0.25) is 9.59 Å². The van der Waals surface area contributed by atoms with E-state index in [0.717, 1.165) is 5.56 Å². The van der Waals surface area contributed by atoms with E-state index in [1.807, 2.05) is 48.5 Å². The Morgan fingerprint density at radius 1 is 1.03 bits per heavy atom. The summed E-state index contributed by atoms with van der Waals surface area (Å²) in [4.78, 5) is 25.1. The van der Waals surface area contributed by atoms with Gasteiger partial charge in [-0.25, -0.2) is 0 Å². The Morgan fingerprint density at radius 2 is 1.84 bits per heavy atom. The SMILES string of the molecule is COc1cccc(NC(=O)[C@H](Nc2ccc3c(c2)NC(=O)[C@H](C)O3)c2ccccc2)c1. The summed E-state index contributed by atoms with van der Waals surface area (Å²) in [6, 6.07) is 21.3. The Bertz CT molecular complexity index is 1100. The third-order valence-electron chi connectivity index (χ3n) is 4.95. The zero-order valence-electron chi connectivity index (χ0n) is 17.2. The van der Waals surface area contributed by atoms with Crippen molar-refractivity contribution in [2.75, 3.05) is 23.1 Å². The van der Waals surface area contributed by atoms with E-state index in [0.29, 0.717) is 28.6 Å². The molecule has 4 rings (SSSR count). The van der Waals surface area contributed by atoms with E-state index in [-0.39, 0.29) is 11.8 Å². The van der Waals surface area contributed by atoms with Gasteiger partial charge in [-0.05, 0) is 42.8 Å². The summed E-state index contributed by atoms with van der Waals surface area (Å²) in [7, 11) is 1.58. The molecule has 2 amide bonds. The molecule has 7 nitrogen and oxygen atoms in total. The number of carbonyl (C=O) groups excluding carboxylic acids is 2. The Hall–Kier alpha value is -4.00. The molecular weight excluding hydrogens is 394 g/mol. The molecule has 2 atom stereocenters. The zero-order chi connectivity index (χ0) is 21.8. The molecule has 0 saturated heterocycles. The van der Waals surface area contributed by atoms with Crippen LogP contribution in [-0.2, 0) is 9.59 Å². The van der Waals surface area contributed by atoms with Gasteiger partial charge in [0.2, 0.25) is 0 Å². The molecule has 3 aromatic rings. The van der Waals surface area contributed by atoms with Crippen LogP contribution in [0.15, 0.2) is 72.8 Å². The second-order valence-corrected chi connectivity index (χ2v) is 7.17. The third-order valence-corrected chi connectivity index (χ3v) is 4.95. The fourth-order valence-electron chi connectivity index (χ4n) is 3.33. The van der Waals surface area contributed by atoms with Crippen LogP contribution in [0.4, 0.5) is 17.1 Å². The normalized spacial score (nSPS) is 15.7. The Labute approximate surface area is 180 Å². The van der Waals surface area contributed by atoms with Gasteiger partial charge in [-0.15, -0.1) is 0 Å². The van der Waals surface area contributed by atoms with Crippen molar-refractivity contribution in [3.8, 4) is 11.5 Å². The summed E-state index contributed by atoms with van der Waals surface area (Å²) < 4.78 is 10.8. The molecule has 0 unspecified atom stereocenters. The summed E-state index contributed by atoms with van der Waals surface area (Å²) in [5.74, 6) is 0.808. The number of ether oxygens (including phenoxy) is 2. The molecule has 158 valence electrons. The summed E-state index contributed by atoms with van der Waals surface area (Å²) in [6.07, 6.45) is -0.544. The second-order valence-electron chi connectivity index (χ2n) is 7.17. The molecule has 0 bridgehead atoms. The molecule has 0 radical (unpaired) electrons. The van der Waals surface area contributed by atoms with E-state index >= 15 is 0 Å². The van der Waals surface area contributed by atoms with Crippen molar-refractivity contribution in [3.05, 3.63) is 78.4 Å². The highest BCUT2D eigenvalue weighted by Gasteiger charge is 2.25. The standard InChI is InChI=1S/C24H23N3O4/c1-15-23(28)27-20-14-18(11-12-21(20)31-15)25-22(16-7-4-3-5-8-16)24(29)26-17-9-6-10-19(13-17)30-2/h3-15,22,25H,1-2H3,(H,26,29)(H,27,28)/t15-,22+/m0/s1. The monoisotopic (exact) mass is 417 g/mol. The zero-order valence-corrected chi connectivity index (χ0v) is 17.2. The number of rotatable bonds is 6. The Kier molecular flexibility index (Phi) is 5.75. The maximum atomic E-state index is 13.2. The van der Waals surface area contributed by atoms with Gasteiger partial charge in [0.15, 0.2) is 6.10 Å². The van der Waals surface area contributed by atoms with Crippen LogP contribution in [0.5, 0.6) is 11.5 Å². The lowest BCUT2D eigenvalue weighted by atomic mass is 10.1. The van der Waals surface area contributed by atoms with Crippen LogP contribution in [0.25, 0.3) is 0 Å². The average Bonchev–Trinajstić information content (AvgIpc) is 2.79. The predicted octanol–water partition coefficient (Wildman–Crippen LogP) is 4.21. The average molecular weight is 417 g/mol. The molecule has 31 heavy (non-hydrogen) atoms. The minimum absolute atomic E-state index is 0.208. The molecule has 7 heteroatoms. The molecule has 1 aliphatic rings. The van der Waals surface area contributed by atoms with E-state index in [2.05, 4.69) is 16.0 Å². The van der Waals surface area contributed by atoms with Gasteiger partial charge in [-0.2, -0.15) is 0 Å². The molecule has 1 heterocycles. The van der Waals surface area contributed by atoms with Crippen molar-refractivity contribution < 1.29 is 19.1 Å². The van der Waals surface area contributed by atoms with Crippen molar-refractivity contribution in [2.45, 2.75) is 19.1 Å². The van der Waals surface area contributed by atoms with E-state index in [9.17, 15) is 9.59 Å². The van der Waals surface area contributed by atoms with Gasteiger partial charge >= 0.3 is 0 Å². The smallest absolute Gasteiger partial charge is 0.265 e. The highest BCUT2D eigenvalue weighted by molar-refractivity contribution is 5.99. The van der Waals surface area contributed by atoms with E-state index in [1.54, 1.807) is 38.3 Å². The first kappa shape index (κ1) is 20.3. The van der Waals surface area contributed by atoms with E-state index < -0.39 is 12.1 Å². The molecule has 3 aromatic carbocycles. The lowest BCUT2D eigenvalue weighted by Gasteiger charge is -2.25. The van der Waals surface area contributed by atoms with Crippen LogP contribution >= 0.6 is 0 Å². The minimum Gasteiger partial charge on any atom is -0.497 e. The number of benzene rings is 3. The lowest BCUT2D eigenvalue weighted by molar-refractivity contribution is -0.122. The number of hydrogen-bond acceptors (Lipinski definition) is 5. The van der Waals surface area contributed by atoms with Crippen LogP contribution in [0.3, 0.4) is 0 Å². The van der Waals surface area contributed by atoms with Crippen LogP contribution in [0.2, 0.25) is 0 Å². The number of nitrogens with one attached hydrogen (secondary N) is 3. The van der Waals surface area contributed by atoms with Crippen molar-refractivity contribution in [1.29, 1.82) is 0 Å². The molecule has 0 saturated carbocycles. The quantitative estimate of drug-likeness (QED) is 0.559. The first-order chi connectivity index (χ1) is 15.0. The number of amides is 2. The number of anilines is 3. The minimum atomic E-state index is -0.662. The van der Waals surface area contributed by atoms with E-state index in [1.165, 1.54) is 0 Å². The Balaban J connectivity index is 1.59. The molecular formula is C24H23N3O4. The van der Waals surface area contributed by atoms with Crippen LogP contribution in [0.1, 0.15) is 18.5 Å². The largest absolute Gasteiger partial charge is 0.497 e. The summed E-state index contributed by atoms with van der Waals surface area (Å²) in [6.45, 7) is 1.69. The topological polar surface area (TPSA) is 88.7 Å². The first-order valence-corrected chi connectivity index (χ1v) is 9.91. The molecule has 0 fully saturated rings. The first-order valence-electron chi connectivity index (χ1n) is 9.91. The van der Waals surface area contributed by atoms with Crippen molar-refractivity contribution in [1.82, 2.24) is 0 Å². The fraction of sp³-hybridized carbons (Fsp3) is 0.167. The summed E-state index contributed by atoms with van der Waals surface area (Å²) in [5, 5.41) is 9.03. The van der Waals surface area contributed by atoms with Gasteiger partial charge in [0, 0.05) is 17.4 Å². The maximum absolute atomic E-state index is 13.2. The molecule has 0 aromatic heterocycles. The highest BCUT2D eigenvalue weighted by Crippen LogP contribution is 2.33. The van der Waals surface area contributed by atoms with Crippen molar-refractivity contribution in [2.24, 2.45) is 0 Å². The number of carbonyl (C=O) groups is 2. The van der Waals surface area contributed by atoms with Gasteiger partial charge < -0.3 is 25.4 Å². The van der Waals surface area contributed by atoms with Crippen LogP contribution < -0.4 is 25.4 Å². The number of hydrogen-bond donors (Lipinski definition) is 3. The number of methoxy groups -OCH3 is 1. The van der Waals surface area contributed by atoms with Crippen LogP contribution in [0, 0.1) is 0 Å². The number of fused-ring (bicyclic) bond motifs is 1. The third kappa shape index (κ3) is 4.61. The van der Waals surface area contributed by atoms with Crippen LogP contribution in [-0.4, -0.2) is 25.0 Å². The molecule has 3 N–H and O–H groups in total. The van der Waals surface area contributed by atoms with E-state index in [4.69, 9.17) is 9.47 Å². The molecule has 0 spiro atoms. The summed E-state index contributed by atoms with van der Waals surface area (Å²) in [5.41, 5.74) is 2.67. The van der Waals surface area contributed by atoms with Crippen molar-refractivity contribution >= 4 is 28.9 Å². The second kappa shape index (κ2) is 8.79. The van der Waals surface area contributed by atoms with Gasteiger partial charge in [-0.1, -0.05) is 36.4 Å².